The maximum absolute atomic E-state index is 12.2. The van der Waals surface area contributed by atoms with Gasteiger partial charge in [-0.2, -0.15) is 0 Å². The van der Waals surface area contributed by atoms with E-state index < -0.39 is 29.3 Å². The standard InChI is InChI=1S/C25H22ClN3O8/c1-35-18-10-11-21(29(33)34)20(14-18)28-24(31)15-36-25(32)13-12-23(30)27-16-6-8-17(9-7-16)37-22-5-3-2-4-19(22)26/h2-11,14H,12-13,15H2,1H3,(H,27,30)(H,28,31). The van der Waals surface area contributed by atoms with Crippen molar-refractivity contribution >= 4 is 46.4 Å². The molecular weight excluding hydrogens is 506 g/mol. The molecule has 0 aliphatic heterocycles. The van der Waals surface area contributed by atoms with Gasteiger partial charge in [0.2, 0.25) is 5.91 Å². The monoisotopic (exact) mass is 527 g/mol. The summed E-state index contributed by atoms with van der Waals surface area (Å²) >= 11 is 6.07. The highest BCUT2D eigenvalue weighted by atomic mass is 35.5. The van der Waals surface area contributed by atoms with Crippen LogP contribution in [0.25, 0.3) is 0 Å². The molecule has 0 heterocycles. The fourth-order valence-corrected chi connectivity index (χ4v) is 3.18. The van der Waals surface area contributed by atoms with E-state index in [0.29, 0.717) is 28.0 Å². The van der Waals surface area contributed by atoms with Gasteiger partial charge in [0.25, 0.3) is 11.6 Å². The SMILES string of the molecule is COc1ccc([N+](=O)[O-])c(NC(=O)COC(=O)CCC(=O)Nc2ccc(Oc3ccccc3Cl)cc2)c1. The van der Waals surface area contributed by atoms with Crippen molar-refractivity contribution in [3.63, 3.8) is 0 Å². The van der Waals surface area contributed by atoms with E-state index in [0.717, 1.165) is 0 Å². The topological polar surface area (TPSA) is 146 Å². The minimum Gasteiger partial charge on any atom is -0.497 e. The molecular formula is C25H22ClN3O8. The molecule has 0 atom stereocenters. The summed E-state index contributed by atoms with van der Waals surface area (Å²) in [5, 5.41) is 16.5. The zero-order valence-corrected chi connectivity index (χ0v) is 20.3. The lowest BCUT2D eigenvalue weighted by Crippen LogP contribution is -2.22. The Kier molecular flexibility index (Phi) is 9.39. The normalized spacial score (nSPS) is 10.2. The summed E-state index contributed by atoms with van der Waals surface area (Å²) in [7, 11) is 1.37. The number of esters is 1. The van der Waals surface area contributed by atoms with Crippen LogP contribution in [-0.2, 0) is 19.1 Å². The number of halogens is 1. The van der Waals surface area contributed by atoms with Crippen molar-refractivity contribution in [1.82, 2.24) is 0 Å². The van der Waals surface area contributed by atoms with Crippen molar-refractivity contribution in [2.75, 3.05) is 24.4 Å². The van der Waals surface area contributed by atoms with Gasteiger partial charge in [-0.1, -0.05) is 23.7 Å². The van der Waals surface area contributed by atoms with E-state index in [9.17, 15) is 24.5 Å². The van der Waals surface area contributed by atoms with Gasteiger partial charge in [-0.25, -0.2) is 0 Å². The molecule has 2 amide bonds. The largest absolute Gasteiger partial charge is 0.497 e. The van der Waals surface area contributed by atoms with Crippen LogP contribution in [0.1, 0.15) is 12.8 Å². The molecule has 0 saturated heterocycles. The van der Waals surface area contributed by atoms with Gasteiger partial charge in [0.1, 0.15) is 22.9 Å². The zero-order chi connectivity index (χ0) is 26.8. The average Bonchev–Trinajstić information content (AvgIpc) is 2.88. The summed E-state index contributed by atoms with van der Waals surface area (Å²) in [6.45, 7) is -0.679. The van der Waals surface area contributed by atoms with Gasteiger partial charge in [0.05, 0.1) is 23.5 Å². The fourth-order valence-electron chi connectivity index (χ4n) is 3.01. The number of nitrogens with one attached hydrogen (secondary N) is 2. The second-order valence-electron chi connectivity index (χ2n) is 7.45. The second-order valence-corrected chi connectivity index (χ2v) is 7.86. The Morgan fingerprint density at radius 3 is 2.30 bits per heavy atom. The van der Waals surface area contributed by atoms with Crippen LogP contribution < -0.4 is 20.1 Å². The number of hydrogen-bond donors (Lipinski definition) is 2. The van der Waals surface area contributed by atoms with Crippen LogP contribution in [-0.4, -0.2) is 36.4 Å². The van der Waals surface area contributed by atoms with Crippen LogP contribution in [0.5, 0.6) is 17.2 Å². The molecule has 0 unspecified atom stereocenters. The van der Waals surface area contributed by atoms with Crippen LogP contribution in [0.15, 0.2) is 66.7 Å². The van der Waals surface area contributed by atoms with Gasteiger partial charge in [-0.3, -0.25) is 24.5 Å². The Balaban J connectivity index is 1.42. The number of methoxy groups -OCH3 is 1. The molecule has 3 aromatic rings. The Morgan fingerprint density at radius 1 is 0.919 bits per heavy atom. The summed E-state index contributed by atoms with van der Waals surface area (Å²) < 4.78 is 15.5. The van der Waals surface area contributed by atoms with Crippen molar-refractivity contribution in [2.45, 2.75) is 12.8 Å². The Labute approximate surface area is 216 Å². The highest BCUT2D eigenvalue weighted by molar-refractivity contribution is 6.32. The van der Waals surface area contributed by atoms with Crippen molar-refractivity contribution in [1.29, 1.82) is 0 Å². The molecule has 12 heteroatoms. The van der Waals surface area contributed by atoms with Gasteiger partial charge in [0, 0.05) is 24.2 Å². The second kappa shape index (κ2) is 12.9. The molecule has 0 fully saturated rings. The van der Waals surface area contributed by atoms with Crippen molar-refractivity contribution in [3.05, 3.63) is 81.9 Å². The number of rotatable bonds is 11. The van der Waals surface area contributed by atoms with Crippen LogP contribution >= 0.6 is 11.6 Å². The summed E-state index contributed by atoms with van der Waals surface area (Å²) in [5.41, 5.74) is 0.0396. The van der Waals surface area contributed by atoms with Gasteiger partial charge < -0.3 is 24.8 Å². The van der Waals surface area contributed by atoms with E-state index in [1.54, 1.807) is 48.5 Å². The highest BCUT2D eigenvalue weighted by Gasteiger charge is 2.18. The minimum atomic E-state index is -0.784. The number of ether oxygens (including phenoxy) is 3. The molecule has 3 aromatic carbocycles. The first-order chi connectivity index (χ1) is 17.7. The molecule has 2 N–H and O–H groups in total. The predicted octanol–water partition coefficient (Wildman–Crippen LogP) is 4.95. The van der Waals surface area contributed by atoms with Crippen LogP contribution in [0.3, 0.4) is 0 Å². The Morgan fingerprint density at radius 2 is 1.62 bits per heavy atom. The van der Waals surface area contributed by atoms with Crippen LogP contribution in [0, 0.1) is 10.1 Å². The molecule has 0 aliphatic rings. The van der Waals surface area contributed by atoms with E-state index in [2.05, 4.69) is 10.6 Å². The lowest BCUT2D eigenvalue weighted by molar-refractivity contribution is -0.383. The molecule has 37 heavy (non-hydrogen) atoms. The number of amides is 2. The molecule has 0 saturated carbocycles. The van der Waals surface area contributed by atoms with Crippen LogP contribution in [0.4, 0.5) is 17.1 Å². The summed E-state index contributed by atoms with van der Waals surface area (Å²) in [5.74, 6) is -0.691. The number of carbonyl (C=O) groups excluding carboxylic acids is 3. The third kappa shape index (κ3) is 8.22. The zero-order valence-electron chi connectivity index (χ0n) is 19.6. The molecule has 11 nitrogen and oxygen atoms in total. The molecule has 0 bridgehead atoms. The van der Waals surface area contributed by atoms with Crippen molar-refractivity contribution < 1.29 is 33.5 Å². The predicted molar refractivity (Wildman–Crippen MR) is 135 cm³/mol. The first-order valence-corrected chi connectivity index (χ1v) is 11.2. The Hall–Kier alpha value is -4.64. The van der Waals surface area contributed by atoms with Crippen molar-refractivity contribution in [3.8, 4) is 17.2 Å². The molecule has 3 rings (SSSR count). The first kappa shape index (κ1) is 27.0. The number of nitro benzene ring substituents is 1. The van der Waals surface area contributed by atoms with E-state index in [1.807, 2.05) is 0 Å². The number of carbonyl (C=O) groups is 3. The molecule has 0 aromatic heterocycles. The van der Waals surface area contributed by atoms with Gasteiger partial charge >= 0.3 is 5.97 Å². The van der Waals surface area contributed by atoms with Gasteiger partial charge in [0.15, 0.2) is 6.61 Å². The van der Waals surface area contributed by atoms with E-state index in [1.165, 1.54) is 25.3 Å². The average molecular weight is 528 g/mol. The smallest absolute Gasteiger partial charge is 0.306 e. The number of para-hydroxylation sites is 1. The van der Waals surface area contributed by atoms with Crippen LogP contribution in [0.2, 0.25) is 5.02 Å². The summed E-state index contributed by atoms with van der Waals surface area (Å²) in [4.78, 5) is 46.6. The van der Waals surface area contributed by atoms with E-state index in [4.69, 9.17) is 25.8 Å². The Bertz CT molecular complexity index is 1300. The fraction of sp³-hybridized carbons (Fsp3) is 0.160. The number of benzene rings is 3. The summed E-state index contributed by atoms with van der Waals surface area (Å²) in [6, 6.07) is 17.4. The van der Waals surface area contributed by atoms with E-state index in [-0.39, 0.29) is 24.2 Å². The van der Waals surface area contributed by atoms with E-state index >= 15 is 0 Å². The molecule has 192 valence electrons. The molecule has 0 aliphatic carbocycles. The summed E-state index contributed by atoms with van der Waals surface area (Å²) in [6.07, 6.45) is -0.453. The molecule has 0 spiro atoms. The number of nitrogens with zero attached hydrogens (tertiary/aromatic N) is 1. The number of hydrogen-bond acceptors (Lipinski definition) is 8. The van der Waals surface area contributed by atoms with Gasteiger partial charge in [-0.05, 0) is 42.5 Å². The lowest BCUT2D eigenvalue weighted by atomic mass is 10.2. The maximum Gasteiger partial charge on any atom is 0.306 e. The number of anilines is 2. The highest BCUT2D eigenvalue weighted by Crippen LogP contribution is 2.30. The molecule has 0 radical (unpaired) electrons. The lowest BCUT2D eigenvalue weighted by Gasteiger charge is -2.10. The quantitative estimate of drug-likeness (QED) is 0.202. The third-order valence-electron chi connectivity index (χ3n) is 4.80. The van der Waals surface area contributed by atoms with Gasteiger partial charge in [-0.15, -0.1) is 0 Å². The van der Waals surface area contributed by atoms with Crippen molar-refractivity contribution in [2.24, 2.45) is 0 Å². The maximum atomic E-state index is 12.2. The minimum absolute atomic E-state index is 0.104. The third-order valence-corrected chi connectivity index (χ3v) is 5.11. The first-order valence-electron chi connectivity index (χ1n) is 10.9. The number of nitro groups is 1.